The smallest absolute Gasteiger partial charge is 0.337 e. The SMILES string of the molecule is COC(=O)c1ccc(C)c(NS(=O)(=O)c2ccc(Br)cc2Cl)c1. The topological polar surface area (TPSA) is 72.5 Å². The lowest BCUT2D eigenvalue weighted by molar-refractivity contribution is 0.0601. The molecule has 0 bridgehead atoms. The van der Waals surface area contributed by atoms with Gasteiger partial charge < -0.3 is 4.74 Å². The Morgan fingerprint density at radius 1 is 1.22 bits per heavy atom. The molecule has 1 N–H and O–H groups in total. The van der Waals surface area contributed by atoms with Crippen molar-refractivity contribution in [1.82, 2.24) is 0 Å². The van der Waals surface area contributed by atoms with Gasteiger partial charge in [0.15, 0.2) is 0 Å². The Morgan fingerprint density at radius 2 is 1.91 bits per heavy atom. The molecule has 0 amide bonds. The van der Waals surface area contributed by atoms with E-state index in [-0.39, 0.29) is 21.2 Å². The molecule has 0 fully saturated rings. The Kier molecular flexibility index (Phi) is 5.33. The Hall–Kier alpha value is -1.57. The Balaban J connectivity index is 2.43. The van der Waals surface area contributed by atoms with E-state index in [0.717, 1.165) is 0 Å². The predicted octanol–water partition coefficient (Wildman–Crippen LogP) is 4.00. The van der Waals surface area contributed by atoms with Crippen molar-refractivity contribution >= 4 is 49.2 Å². The first-order valence-electron chi connectivity index (χ1n) is 6.41. The number of carbonyl (C=O) groups excluding carboxylic acids is 1. The van der Waals surface area contributed by atoms with Crippen LogP contribution in [0.3, 0.4) is 0 Å². The molecule has 23 heavy (non-hydrogen) atoms. The maximum atomic E-state index is 12.5. The lowest BCUT2D eigenvalue weighted by atomic mass is 10.1. The van der Waals surface area contributed by atoms with E-state index in [4.69, 9.17) is 11.6 Å². The van der Waals surface area contributed by atoms with Crippen LogP contribution in [-0.4, -0.2) is 21.5 Å². The third kappa shape index (κ3) is 4.04. The zero-order valence-electron chi connectivity index (χ0n) is 12.3. The fourth-order valence-electron chi connectivity index (χ4n) is 1.87. The number of sulfonamides is 1. The monoisotopic (exact) mass is 417 g/mol. The van der Waals surface area contributed by atoms with Crippen LogP contribution >= 0.6 is 27.5 Å². The van der Waals surface area contributed by atoms with Gasteiger partial charge in [-0.1, -0.05) is 33.6 Å². The molecule has 2 aromatic rings. The van der Waals surface area contributed by atoms with Crippen LogP contribution in [0.25, 0.3) is 0 Å². The second kappa shape index (κ2) is 6.90. The maximum absolute atomic E-state index is 12.5. The first-order chi connectivity index (χ1) is 10.7. The fraction of sp³-hybridized carbons (Fsp3) is 0.133. The van der Waals surface area contributed by atoms with E-state index in [1.807, 2.05) is 0 Å². The summed E-state index contributed by atoms with van der Waals surface area (Å²) < 4.78 is 32.8. The normalized spacial score (nSPS) is 11.1. The number of aryl methyl sites for hydroxylation is 1. The van der Waals surface area contributed by atoms with Gasteiger partial charge in [-0.2, -0.15) is 0 Å². The van der Waals surface area contributed by atoms with E-state index in [2.05, 4.69) is 25.4 Å². The molecule has 0 aliphatic heterocycles. The molecule has 0 spiro atoms. The van der Waals surface area contributed by atoms with Crippen LogP contribution in [-0.2, 0) is 14.8 Å². The van der Waals surface area contributed by atoms with Gasteiger partial charge in [-0.05, 0) is 42.8 Å². The van der Waals surface area contributed by atoms with Gasteiger partial charge in [-0.25, -0.2) is 13.2 Å². The minimum absolute atomic E-state index is 0.0507. The Bertz CT molecular complexity index is 868. The van der Waals surface area contributed by atoms with Crippen molar-refractivity contribution in [3.05, 3.63) is 57.0 Å². The number of carbonyl (C=O) groups is 1. The van der Waals surface area contributed by atoms with Gasteiger partial charge in [0.05, 0.1) is 23.4 Å². The molecule has 0 saturated heterocycles. The highest BCUT2D eigenvalue weighted by Gasteiger charge is 2.20. The van der Waals surface area contributed by atoms with Crippen LogP contribution in [0.15, 0.2) is 45.8 Å². The minimum Gasteiger partial charge on any atom is -0.465 e. The third-order valence-corrected chi connectivity index (χ3v) is 5.43. The highest BCUT2D eigenvalue weighted by molar-refractivity contribution is 9.10. The number of nitrogens with one attached hydrogen (secondary N) is 1. The molecule has 0 atom stereocenters. The van der Waals surface area contributed by atoms with Gasteiger partial charge in [0.25, 0.3) is 10.0 Å². The first-order valence-corrected chi connectivity index (χ1v) is 9.07. The van der Waals surface area contributed by atoms with Crippen molar-refractivity contribution in [2.45, 2.75) is 11.8 Å². The highest BCUT2D eigenvalue weighted by atomic mass is 79.9. The summed E-state index contributed by atoms with van der Waals surface area (Å²) in [5.74, 6) is -0.549. The fourth-order valence-corrected chi connectivity index (χ4v) is 4.03. The number of hydrogen-bond donors (Lipinski definition) is 1. The summed E-state index contributed by atoms with van der Waals surface area (Å²) in [4.78, 5) is 11.5. The lowest BCUT2D eigenvalue weighted by Crippen LogP contribution is -2.15. The summed E-state index contributed by atoms with van der Waals surface area (Å²) >= 11 is 9.22. The molecule has 8 heteroatoms. The molecule has 2 rings (SSSR count). The van der Waals surface area contributed by atoms with E-state index in [9.17, 15) is 13.2 Å². The van der Waals surface area contributed by atoms with Crippen molar-refractivity contribution in [2.24, 2.45) is 0 Å². The molecular formula is C15H13BrClNO4S. The standard InChI is InChI=1S/C15H13BrClNO4S/c1-9-3-4-10(15(19)22-2)7-13(9)18-23(20,21)14-6-5-11(16)8-12(14)17/h3-8,18H,1-2H3. The lowest BCUT2D eigenvalue weighted by Gasteiger charge is -2.13. The number of hydrogen-bond acceptors (Lipinski definition) is 4. The van der Waals surface area contributed by atoms with Gasteiger partial charge in [0.2, 0.25) is 0 Å². The number of methoxy groups -OCH3 is 1. The molecule has 0 saturated carbocycles. The minimum atomic E-state index is -3.89. The third-order valence-electron chi connectivity index (χ3n) is 3.09. The zero-order valence-corrected chi connectivity index (χ0v) is 15.4. The summed E-state index contributed by atoms with van der Waals surface area (Å²) in [6.07, 6.45) is 0. The molecule has 0 aliphatic rings. The van der Waals surface area contributed by atoms with Crippen LogP contribution in [0, 0.1) is 6.92 Å². The number of anilines is 1. The number of rotatable bonds is 4. The molecule has 0 aromatic heterocycles. The molecule has 0 aliphatic carbocycles. The summed E-state index contributed by atoms with van der Waals surface area (Å²) in [6, 6.07) is 9.09. The Labute approximate surface area is 147 Å². The van der Waals surface area contributed by atoms with Crippen LogP contribution in [0.1, 0.15) is 15.9 Å². The zero-order chi connectivity index (χ0) is 17.2. The summed E-state index contributed by atoms with van der Waals surface area (Å²) in [5, 5.41) is 0.0913. The summed E-state index contributed by atoms with van der Waals surface area (Å²) in [7, 11) is -2.63. The molecular weight excluding hydrogens is 406 g/mol. The summed E-state index contributed by atoms with van der Waals surface area (Å²) in [5.41, 5.74) is 1.19. The van der Waals surface area contributed by atoms with Gasteiger partial charge in [0.1, 0.15) is 4.90 Å². The van der Waals surface area contributed by atoms with E-state index < -0.39 is 16.0 Å². The average Bonchev–Trinajstić information content (AvgIpc) is 2.48. The van der Waals surface area contributed by atoms with Gasteiger partial charge in [-0.3, -0.25) is 4.72 Å². The van der Waals surface area contributed by atoms with Crippen LogP contribution in [0.2, 0.25) is 5.02 Å². The average molecular weight is 419 g/mol. The van der Waals surface area contributed by atoms with Gasteiger partial charge in [0, 0.05) is 4.47 Å². The molecule has 2 aromatic carbocycles. The molecule has 0 radical (unpaired) electrons. The van der Waals surface area contributed by atoms with Crippen LogP contribution in [0.5, 0.6) is 0 Å². The van der Waals surface area contributed by atoms with Crippen LogP contribution < -0.4 is 4.72 Å². The van der Waals surface area contributed by atoms with E-state index in [0.29, 0.717) is 10.0 Å². The van der Waals surface area contributed by atoms with Crippen molar-refractivity contribution in [2.75, 3.05) is 11.8 Å². The number of benzene rings is 2. The number of ether oxygens (including phenoxy) is 1. The van der Waals surface area contributed by atoms with Gasteiger partial charge in [-0.15, -0.1) is 0 Å². The molecule has 5 nitrogen and oxygen atoms in total. The summed E-state index contributed by atoms with van der Waals surface area (Å²) in [6.45, 7) is 1.72. The van der Waals surface area contributed by atoms with Crippen LogP contribution in [0.4, 0.5) is 5.69 Å². The van der Waals surface area contributed by atoms with Crippen molar-refractivity contribution in [3.8, 4) is 0 Å². The van der Waals surface area contributed by atoms with Crippen molar-refractivity contribution in [1.29, 1.82) is 0 Å². The predicted molar refractivity (Wildman–Crippen MR) is 92.5 cm³/mol. The molecule has 0 unspecified atom stereocenters. The quantitative estimate of drug-likeness (QED) is 0.762. The van der Waals surface area contributed by atoms with E-state index in [1.165, 1.54) is 25.3 Å². The number of halogens is 2. The molecule has 0 heterocycles. The molecule has 122 valence electrons. The van der Waals surface area contributed by atoms with E-state index >= 15 is 0 Å². The largest absolute Gasteiger partial charge is 0.465 e. The van der Waals surface area contributed by atoms with Gasteiger partial charge >= 0.3 is 5.97 Å². The first kappa shape index (κ1) is 17.8. The van der Waals surface area contributed by atoms with Crippen molar-refractivity contribution < 1.29 is 17.9 Å². The number of esters is 1. The maximum Gasteiger partial charge on any atom is 0.337 e. The second-order valence-electron chi connectivity index (χ2n) is 4.70. The highest BCUT2D eigenvalue weighted by Crippen LogP contribution is 2.28. The van der Waals surface area contributed by atoms with Crippen molar-refractivity contribution in [3.63, 3.8) is 0 Å². The Morgan fingerprint density at radius 3 is 2.52 bits per heavy atom. The van der Waals surface area contributed by atoms with E-state index in [1.54, 1.807) is 25.1 Å². The second-order valence-corrected chi connectivity index (χ2v) is 7.68.